The van der Waals surface area contributed by atoms with Crippen molar-refractivity contribution in [2.45, 2.75) is 64.1 Å². The maximum Gasteiger partial charge on any atom is 0.335 e. The van der Waals surface area contributed by atoms with Crippen LogP contribution >= 0.6 is 11.6 Å². The standard InChI is InChI=1S/C32H35ClFN5O4/c1-20-6-10-24(39(20)29-4-3-5-31(36-29)43-19-22-7-9-23(33)15-26(22)34)16-37(2)18-30-35-27-11-8-21(32(40)41)14-28(27)38(30)17-25-12-13-42-25/h3-5,7-9,11,14-15,20,24-25H,6,10,12-13,16-19H2,1-2H3,(H,40,41). The van der Waals surface area contributed by atoms with Crippen LogP contribution in [-0.4, -0.2) is 68.9 Å². The van der Waals surface area contributed by atoms with E-state index in [1.807, 2.05) is 12.1 Å². The number of pyridine rings is 1. The van der Waals surface area contributed by atoms with Crippen LogP contribution in [0.15, 0.2) is 54.6 Å². The number of benzene rings is 2. The quantitative estimate of drug-likeness (QED) is 0.229. The fourth-order valence-electron chi connectivity index (χ4n) is 6.01. The van der Waals surface area contributed by atoms with Crippen LogP contribution in [0.1, 0.15) is 47.9 Å². The summed E-state index contributed by atoms with van der Waals surface area (Å²) in [5.74, 6) is 0.787. The minimum Gasteiger partial charge on any atom is -0.478 e. The van der Waals surface area contributed by atoms with Crippen molar-refractivity contribution in [3.8, 4) is 5.88 Å². The third kappa shape index (κ3) is 6.46. The average molecular weight is 608 g/mol. The number of fused-ring (bicyclic) bond motifs is 1. The number of aromatic nitrogens is 3. The Hall–Kier alpha value is -3.73. The van der Waals surface area contributed by atoms with E-state index in [-0.39, 0.29) is 24.3 Å². The van der Waals surface area contributed by atoms with Crippen LogP contribution in [0.25, 0.3) is 11.0 Å². The molecule has 4 aromatic rings. The molecule has 2 aliphatic rings. The minimum atomic E-state index is -0.955. The summed E-state index contributed by atoms with van der Waals surface area (Å²) in [6.07, 6.45) is 3.14. The van der Waals surface area contributed by atoms with E-state index >= 15 is 0 Å². The van der Waals surface area contributed by atoms with Gasteiger partial charge in [0.25, 0.3) is 0 Å². The second kappa shape index (κ2) is 12.5. The summed E-state index contributed by atoms with van der Waals surface area (Å²) in [4.78, 5) is 25.9. The van der Waals surface area contributed by atoms with Gasteiger partial charge in [-0.05, 0) is 69.6 Å². The first-order chi connectivity index (χ1) is 20.7. The van der Waals surface area contributed by atoms with Gasteiger partial charge in [0.15, 0.2) is 0 Å². The van der Waals surface area contributed by atoms with E-state index in [1.165, 1.54) is 6.07 Å². The average Bonchev–Trinajstić information content (AvgIpc) is 3.48. The zero-order valence-electron chi connectivity index (χ0n) is 24.2. The third-order valence-corrected chi connectivity index (χ3v) is 8.57. The van der Waals surface area contributed by atoms with Crippen LogP contribution in [-0.2, 0) is 24.4 Å². The highest BCUT2D eigenvalue weighted by atomic mass is 35.5. The molecule has 9 nitrogen and oxygen atoms in total. The number of aromatic carboxylic acids is 1. The number of ether oxygens (including phenoxy) is 2. The van der Waals surface area contributed by atoms with Gasteiger partial charge in [-0.3, -0.25) is 4.90 Å². The zero-order valence-corrected chi connectivity index (χ0v) is 25.0. The molecule has 43 heavy (non-hydrogen) atoms. The number of carboxylic acid groups (broad SMARTS) is 1. The Morgan fingerprint density at radius 1 is 1.16 bits per heavy atom. The van der Waals surface area contributed by atoms with Crippen molar-refractivity contribution in [2.75, 3.05) is 25.1 Å². The molecule has 6 rings (SSSR count). The summed E-state index contributed by atoms with van der Waals surface area (Å²) >= 11 is 5.88. The van der Waals surface area contributed by atoms with Gasteiger partial charge >= 0.3 is 5.97 Å². The van der Waals surface area contributed by atoms with Gasteiger partial charge in [-0.15, -0.1) is 0 Å². The van der Waals surface area contributed by atoms with Crippen LogP contribution in [0.2, 0.25) is 5.02 Å². The summed E-state index contributed by atoms with van der Waals surface area (Å²) in [6, 6.07) is 15.8. The van der Waals surface area contributed by atoms with Crippen LogP contribution < -0.4 is 9.64 Å². The van der Waals surface area contributed by atoms with Gasteiger partial charge in [0.05, 0.1) is 35.8 Å². The highest BCUT2D eigenvalue weighted by Crippen LogP contribution is 2.31. The lowest BCUT2D eigenvalue weighted by atomic mass is 10.1. The lowest BCUT2D eigenvalue weighted by Crippen LogP contribution is -2.42. The molecule has 3 unspecified atom stereocenters. The molecule has 2 aliphatic heterocycles. The van der Waals surface area contributed by atoms with Crippen LogP contribution in [0, 0.1) is 5.82 Å². The number of halogens is 2. The number of carboxylic acids is 1. The van der Waals surface area contributed by atoms with Gasteiger partial charge in [-0.25, -0.2) is 14.2 Å². The van der Waals surface area contributed by atoms with Gasteiger partial charge in [0.2, 0.25) is 5.88 Å². The van der Waals surface area contributed by atoms with Crippen molar-refractivity contribution in [1.29, 1.82) is 0 Å². The Balaban J connectivity index is 1.17. The first kappa shape index (κ1) is 29.3. The monoisotopic (exact) mass is 607 g/mol. The molecular weight excluding hydrogens is 573 g/mol. The first-order valence-corrected chi connectivity index (χ1v) is 15.0. The normalized spacial score (nSPS) is 20.1. The smallest absolute Gasteiger partial charge is 0.335 e. The zero-order chi connectivity index (χ0) is 30.1. The summed E-state index contributed by atoms with van der Waals surface area (Å²) in [5, 5.41) is 9.89. The second-order valence-electron chi connectivity index (χ2n) is 11.5. The molecule has 3 atom stereocenters. The Labute approximate surface area is 254 Å². The molecular formula is C32H35ClFN5O4. The topological polar surface area (TPSA) is 93.0 Å². The molecule has 1 N–H and O–H groups in total. The Morgan fingerprint density at radius 2 is 2.00 bits per heavy atom. The summed E-state index contributed by atoms with van der Waals surface area (Å²) < 4.78 is 27.9. The Bertz CT molecular complexity index is 1630. The van der Waals surface area contributed by atoms with E-state index in [9.17, 15) is 14.3 Å². The Kier molecular flexibility index (Phi) is 8.52. The van der Waals surface area contributed by atoms with Crippen LogP contribution in [0.5, 0.6) is 5.88 Å². The van der Waals surface area contributed by atoms with E-state index in [0.717, 1.165) is 55.1 Å². The predicted octanol–water partition coefficient (Wildman–Crippen LogP) is 5.78. The van der Waals surface area contributed by atoms with Crippen molar-refractivity contribution in [2.24, 2.45) is 0 Å². The van der Waals surface area contributed by atoms with Gasteiger partial charge in [-0.1, -0.05) is 23.7 Å². The number of likely N-dealkylation sites (N-methyl/N-ethyl adjacent to an activating group) is 1. The largest absolute Gasteiger partial charge is 0.478 e. The SMILES string of the molecule is CC1CCC(CN(C)Cc2nc3ccc(C(=O)O)cc3n2CC2CCO2)N1c1cccc(OCc2ccc(Cl)cc2F)n1. The predicted molar refractivity (Wildman–Crippen MR) is 162 cm³/mol. The van der Waals surface area contributed by atoms with Crippen LogP contribution in [0.3, 0.4) is 0 Å². The van der Waals surface area contributed by atoms with Gasteiger partial charge in [0.1, 0.15) is 24.1 Å². The summed E-state index contributed by atoms with van der Waals surface area (Å²) in [6.45, 7) is 5.05. The van der Waals surface area contributed by atoms with Crippen molar-refractivity contribution in [1.82, 2.24) is 19.4 Å². The van der Waals surface area contributed by atoms with Gasteiger partial charge in [-0.2, -0.15) is 4.98 Å². The summed E-state index contributed by atoms with van der Waals surface area (Å²) in [5.41, 5.74) is 2.26. The molecule has 4 heterocycles. The van der Waals surface area contributed by atoms with E-state index in [4.69, 9.17) is 31.0 Å². The fourth-order valence-corrected chi connectivity index (χ4v) is 6.17. The minimum absolute atomic E-state index is 0.0576. The molecule has 2 saturated heterocycles. The second-order valence-corrected chi connectivity index (χ2v) is 11.9. The number of nitrogens with zero attached hydrogens (tertiary/aromatic N) is 5. The van der Waals surface area contributed by atoms with E-state index < -0.39 is 11.8 Å². The fraction of sp³-hybridized carbons (Fsp3) is 0.406. The van der Waals surface area contributed by atoms with Crippen LogP contribution in [0.4, 0.5) is 10.2 Å². The van der Waals surface area contributed by atoms with Crippen molar-refractivity contribution in [3.05, 3.63) is 82.4 Å². The lowest BCUT2D eigenvalue weighted by Gasteiger charge is -2.33. The van der Waals surface area contributed by atoms with Gasteiger partial charge < -0.3 is 24.0 Å². The molecule has 0 amide bonds. The molecule has 0 saturated carbocycles. The van der Waals surface area contributed by atoms with Gasteiger partial charge in [0, 0.05) is 41.9 Å². The molecule has 0 aliphatic carbocycles. The first-order valence-electron chi connectivity index (χ1n) is 14.6. The Morgan fingerprint density at radius 3 is 2.74 bits per heavy atom. The lowest BCUT2D eigenvalue weighted by molar-refractivity contribution is -0.0591. The number of hydrogen-bond donors (Lipinski definition) is 1. The van der Waals surface area contributed by atoms with E-state index in [2.05, 4.69) is 28.3 Å². The highest BCUT2D eigenvalue weighted by Gasteiger charge is 2.33. The number of carbonyl (C=O) groups is 1. The molecule has 0 radical (unpaired) electrons. The highest BCUT2D eigenvalue weighted by molar-refractivity contribution is 6.30. The number of rotatable bonds is 11. The molecule has 2 fully saturated rings. The number of anilines is 1. The molecule has 2 aromatic carbocycles. The third-order valence-electron chi connectivity index (χ3n) is 8.34. The molecule has 0 bridgehead atoms. The maximum atomic E-state index is 14.2. The molecule has 11 heteroatoms. The van der Waals surface area contributed by atoms with E-state index in [1.54, 1.807) is 36.4 Å². The number of imidazole rings is 1. The van der Waals surface area contributed by atoms with E-state index in [0.29, 0.717) is 35.6 Å². The summed E-state index contributed by atoms with van der Waals surface area (Å²) in [7, 11) is 2.08. The van der Waals surface area contributed by atoms with Crippen molar-refractivity contribution < 1.29 is 23.8 Å². The maximum absolute atomic E-state index is 14.2. The number of hydrogen-bond acceptors (Lipinski definition) is 7. The molecule has 0 spiro atoms. The van der Waals surface area contributed by atoms with Crippen molar-refractivity contribution in [3.63, 3.8) is 0 Å². The molecule has 226 valence electrons. The molecule has 2 aromatic heterocycles. The van der Waals surface area contributed by atoms with Crippen molar-refractivity contribution >= 4 is 34.4 Å².